The lowest BCUT2D eigenvalue weighted by molar-refractivity contribution is -0.130. The standard InChI is InChI=1S/C24H27NO5/c1-16-11-23(17(2)10-20(16)12-25-30-13-18-8-9-18)29-14-19-6-4-5-7-21(19)22(15-28-3)24(26)27/h4-7,10-12,15,18H,8-9,13-14H2,1-3H3,(H,26,27). The van der Waals surface area contributed by atoms with E-state index in [0.29, 0.717) is 18.1 Å². The molecular weight excluding hydrogens is 382 g/mol. The van der Waals surface area contributed by atoms with Crippen molar-refractivity contribution in [3.05, 3.63) is 70.5 Å². The fourth-order valence-corrected chi connectivity index (χ4v) is 3.05. The maximum absolute atomic E-state index is 11.6. The minimum Gasteiger partial charge on any atom is -0.503 e. The van der Waals surface area contributed by atoms with Crippen molar-refractivity contribution in [2.45, 2.75) is 33.3 Å². The van der Waals surface area contributed by atoms with E-state index in [-0.39, 0.29) is 12.2 Å². The number of carboxylic acids is 1. The first kappa shape index (κ1) is 21.4. The van der Waals surface area contributed by atoms with Crippen LogP contribution in [0.1, 0.15) is 40.7 Å². The lowest BCUT2D eigenvalue weighted by atomic mass is 10.0. The van der Waals surface area contributed by atoms with Crippen LogP contribution in [-0.4, -0.2) is 31.0 Å². The summed E-state index contributed by atoms with van der Waals surface area (Å²) in [6.45, 7) is 4.89. The third-order valence-corrected chi connectivity index (χ3v) is 4.99. The first-order valence-electron chi connectivity index (χ1n) is 9.93. The highest BCUT2D eigenvalue weighted by molar-refractivity contribution is 6.15. The monoisotopic (exact) mass is 409 g/mol. The number of rotatable bonds is 10. The molecule has 0 aromatic heterocycles. The number of carboxylic acid groups (broad SMARTS) is 1. The van der Waals surface area contributed by atoms with Crippen molar-refractivity contribution in [3.63, 3.8) is 0 Å². The van der Waals surface area contributed by atoms with Crippen LogP contribution < -0.4 is 4.74 Å². The van der Waals surface area contributed by atoms with Gasteiger partial charge in [-0.1, -0.05) is 29.4 Å². The quantitative estimate of drug-likeness (QED) is 0.266. The highest BCUT2D eigenvalue weighted by Crippen LogP contribution is 2.29. The van der Waals surface area contributed by atoms with E-state index >= 15 is 0 Å². The number of carbonyl (C=O) groups is 1. The summed E-state index contributed by atoms with van der Waals surface area (Å²) in [6.07, 6.45) is 5.44. The number of benzene rings is 2. The van der Waals surface area contributed by atoms with Gasteiger partial charge in [0, 0.05) is 0 Å². The van der Waals surface area contributed by atoms with E-state index in [9.17, 15) is 9.90 Å². The topological polar surface area (TPSA) is 77.4 Å². The number of ether oxygens (including phenoxy) is 2. The summed E-state index contributed by atoms with van der Waals surface area (Å²) in [4.78, 5) is 16.9. The molecule has 0 spiro atoms. The van der Waals surface area contributed by atoms with Crippen LogP contribution in [0, 0.1) is 19.8 Å². The molecule has 0 radical (unpaired) electrons. The SMILES string of the molecule is COC=C(C(=O)O)c1ccccc1COc1cc(C)c(C=NOCC2CC2)cc1C. The van der Waals surface area contributed by atoms with Crippen molar-refractivity contribution < 1.29 is 24.2 Å². The Bertz CT molecular complexity index is 960. The van der Waals surface area contributed by atoms with Crippen molar-refractivity contribution in [2.75, 3.05) is 13.7 Å². The zero-order valence-electron chi connectivity index (χ0n) is 17.6. The van der Waals surface area contributed by atoms with E-state index in [4.69, 9.17) is 14.3 Å². The third kappa shape index (κ3) is 5.63. The van der Waals surface area contributed by atoms with Gasteiger partial charge in [0.1, 0.15) is 24.5 Å². The van der Waals surface area contributed by atoms with E-state index in [1.54, 1.807) is 18.3 Å². The van der Waals surface area contributed by atoms with Gasteiger partial charge in [-0.25, -0.2) is 4.79 Å². The van der Waals surface area contributed by atoms with Gasteiger partial charge in [-0.05, 0) is 72.6 Å². The molecule has 1 saturated carbocycles. The molecule has 3 rings (SSSR count). The highest BCUT2D eigenvalue weighted by atomic mass is 16.6. The normalized spacial score (nSPS) is 14.0. The van der Waals surface area contributed by atoms with Crippen molar-refractivity contribution in [1.82, 2.24) is 0 Å². The Morgan fingerprint density at radius 2 is 1.97 bits per heavy atom. The molecule has 6 heteroatoms. The molecule has 2 aromatic carbocycles. The van der Waals surface area contributed by atoms with Gasteiger partial charge in [-0.2, -0.15) is 0 Å². The highest BCUT2D eigenvalue weighted by Gasteiger charge is 2.21. The fraction of sp³-hybridized carbons (Fsp3) is 0.333. The van der Waals surface area contributed by atoms with E-state index in [1.165, 1.54) is 26.2 Å². The summed E-state index contributed by atoms with van der Waals surface area (Å²) in [6, 6.07) is 11.2. The second kappa shape index (κ2) is 9.96. The Morgan fingerprint density at radius 3 is 2.67 bits per heavy atom. The van der Waals surface area contributed by atoms with Gasteiger partial charge in [-0.3, -0.25) is 0 Å². The summed E-state index contributed by atoms with van der Waals surface area (Å²) in [5.74, 6) is 0.360. The van der Waals surface area contributed by atoms with Gasteiger partial charge >= 0.3 is 5.97 Å². The van der Waals surface area contributed by atoms with E-state index in [1.807, 2.05) is 38.1 Å². The van der Waals surface area contributed by atoms with Crippen LogP contribution in [0.3, 0.4) is 0 Å². The Hall–Kier alpha value is -3.28. The number of oxime groups is 1. The average Bonchev–Trinajstić information content (AvgIpc) is 3.55. The maximum atomic E-state index is 11.6. The zero-order chi connectivity index (χ0) is 21.5. The van der Waals surface area contributed by atoms with Crippen LogP contribution >= 0.6 is 0 Å². The molecule has 0 unspecified atom stereocenters. The molecule has 1 N–H and O–H groups in total. The number of hydrogen-bond acceptors (Lipinski definition) is 5. The van der Waals surface area contributed by atoms with Crippen molar-refractivity contribution in [1.29, 1.82) is 0 Å². The van der Waals surface area contributed by atoms with Gasteiger partial charge < -0.3 is 19.4 Å². The summed E-state index contributed by atoms with van der Waals surface area (Å²) in [5.41, 5.74) is 4.38. The molecule has 0 amide bonds. The van der Waals surface area contributed by atoms with Gasteiger partial charge in [0.15, 0.2) is 0 Å². The number of aryl methyl sites for hydroxylation is 2. The minimum absolute atomic E-state index is 0.0855. The molecule has 0 saturated heterocycles. The van der Waals surface area contributed by atoms with Crippen LogP contribution in [-0.2, 0) is 21.0 Å². The number of aliphatic carboxylic acids is 1. The second-order valence-corrected chi connectivity index (χ2v) is 7.47. The molecule has 1 aliphatic rings. The molecular formula is C24H27NO5. The van der Waals surface area contributed by atoms with Crippen molar-refractivity contribution in [2.24, 2.45) is 11.1 Å². The zero-order valence-corrected chi connectivity index (χ0v) is 17.6. The molecule has 0 aliphatic heterocycles. The summed E-state index contributed by atoms with van der Waals surface area (Å²) < 4.78 is 11.0. The van der Waals surface area contributed by atoms with Crippen molar-refractivity contribution in [3.8, 4) is 5.75 Å². The van der Waals surface area contributed by atoms with Gasteiger partial charge in [-0.15, -0.1) is 0 Å². The lowest BCUT2D eigenvalue weighted by Crippen LogP contribution is -2.06. The second-order valence-electron chi connectivity index (χ2n) is 7.47. The molecule has 0 atom stereocenters. The molecule has 1 fully saturated rings. The predicted molar refractivity (Wildman–Crippen MR) is 116 cm³/mol. The van der Waals surface area contributed by atoms with Crippen LogP contribution in [0.2, 0.25) is 0 Å². The molecule has 158 valence electrons. The molecule has 0 bridgehead atoms. The van der Waals surface area contributed by atoms with Crippen LogP contribution in [0.25, 0.3) is 5.57 Å². The first-order valence-corrected chi connectivity index (χ1v) is 9.93. The first-order chi connectivity index (χ1) is 14.5. The molecule has 6 nitrogen and oxygen atoms in total. The summed E-state index contributed by atoms with van der Waals surface area (Å²) >= 11 is 0. The smallest absolute Gasteiger partial charge is 0.339 e. The average molecular weight is 409 g/mol. The molecule has 30 heavy (non-hydrogen) atoms. The predicted octanol–water partition coefficient (Wildman–Crippen LogP) is 4.71. The minimum atomic E-state index is -1.05. The molecule has 2 aromatic rings. The van der Waals surface area contributed by atoms with Gasteiger partial charge in [0.2, 0.25) is 0 Å². The van der Waals surface area contributed by atoms with Crippen molar-refractivity contribution >= 4 is 17.8 Å². The van der Waals surface area contributed by atoms with E-state index in [0.717, 1.165) is 28.0 Å². The summed E-state index contributed by atoms with van der Waals surface area (Å²) in [5, 5.41) is 13.6. The van der Waals surface area contributed by atoms with Crippen LogP contribution in [0.15, 0.2) is 47.8 Å². The Morgan fingerprint density at radius 1 is 1.20 bits per heavy atom. The van der Waals surface area contributed by atoms with Crippen LogP contribution in [0.5, 0.6) is 5.75 Å². The number of hydrogen-bond donors (Lipinski definition) is 1. The van der Waals surface area contributed by atoms with Gasteiger partial charge in [0.25, 0.3) is 0 Å². The molecule has 1 aliphatic carbocycles. The van der Waals surface area contributed by atoms with E-state index in [2.05, 4.69) is 5.16 Å². The van der Waals surface area contributed by atoms with Gasteiger partial charge in [0.05, 0.1) is 19.6 Å². The Labute approximate surface area is 176 Å². The maximum Gasteiger partial charge on any atom is 0.339 e. The van der Waals surface area contributed by atoms with E-state index < -0.39 is 5.97 Å². The Kier molecular flexibility index (Phi) is 7.12. The summed E-state index contributed by atoms with van der Waals surface area (Å²) in [7, 11) is 1.43. The fourth-order valence-electron chi connectivity index (χ4n) is 3.05. The lowest BCUT2D eigenvalue weighted by Gasteiger charge is -2.14. The number of nitrogens with zero attached hydrogens (tertiary/aromatic N) is 1. The molecule has 0 heterocycles. The number of methoxy groups -OCH3 is 1. The Balaban J connectivity index is 1.72. The van der Waals surface area contributed by atoms with Crippen LogP contribution in [0.4, 0.5) is 0 Å². The third-order valence-electron chi connectivity index (χ3n) is 4.99. The largest absolute Gasteiger partial charge is 0.503 e.